The fraction of sp³-hybridized carbons (Fsp3) is 0.400. The van der Waals surface area contributed by atoms with E-state index in [1.807, 2.05) is 0 Å². The first-order valence-electron chi connectivity index (χ1n) is 10.1. The normalized spacial score (nSPS) is 12.2. The smallest absolute Gasteiger partial charge is 0.258 e. The monoisotopic (exact) mass is 476 g/mol. The largest absolute Gasteiger partial charge is 0.455 e. The minimum Gasteiger partial charge on any atom is -0.258 e. The Bertz CT molecular complexity index is 923. The van der Waals surface area contributed by atoms with Crippen LogP contribution in [0, 0.1) is 40.5 Å². The summed E-state index contributed by atoms with van der Waals surface area (Å²) in [5.41, 5.74) is -4.92. The van der Waals surface area contributed by atoms with E-state index in [2.05, 4.69) is 0 Å². The van der Waals surface area contributed by atoms with Crippen LogP contribution < -0.4 is 10.4 Å². The Labute approximate surface area is 189 Å². The molecule has 12 nitrogen and oxygen atoms in total. The Hall–Kier alpha value is -3.74. The molecular formula is C20H24N4O8Si. The molecule has 0 bridgehead atoms. The van der Waals surface area contributed by atoms with Crippen molar-refractivity contribution >= 4 is 18.4 Å². The van der Waals surface area contributed by atoms with Crippen LogP contribution in [0.1, 0.15) is 26.7 Å². The standard InChI is InChI=1S/C20H24N4O8Si/c1-19(21(25)26,22(27)28)13-15-33(17-9-5-3-6-10-17,18-11-7-4-8-12-18)16-14-20(2,23(29)30)24(31)32/h3-12H,13-16H2,1-2H3. The third kappa shape index (κ3) is 5.03. The minimum absolute atomic E-state index is 0.00496. The second kappa shape index (κ2) is 9.81. The molecule has 0 N–H and O–H groups in total. The molecule has 2 rings (SSSR count). The first kappa shape index (κ1) is 25.5. The molecule has 176 valence electrons. The molecule has 13 heteroatoms. The van der Waals surface area contributed by atoms with Crippen LogP contribution in [0.4, 0.5) is 0 Å². The van der Waals surface area contributed by atoms with Crippen molar-refractivity contribution in [2.75, 3.05) is 0 Å². The first-order chi connectivity index (χ1) is 15.4. The average molecular weight is 477 g/mol. The topological polar surface area (TPSA) is 173 Å². The van der Waals surface area contributed by atoms with Crippen LogP contribution in [-0.4, -0.2) is 39.1 Å². The van der Waals surface area contributed by atoms with E-state index >= 15 is 0 Å². The number of nitrogens with zero attached hydrogens (tertiary/aromatic N) is 4. The molecule has 0 aliphatic carbocycles. The van der Waals surface area contributed by atoms with E-state index in [0.29, 0.717) is 0 Å². The summed E-state index contributed by atoms with van der Waals surface area (Å²) in [4.78, 5) is 42.4. The van der Waals surface area contributed by atoms with Gasteiger partial charge in [0.2, 0.25) is 0 Å². The third-order valence-corrected chi connectivity index (χ3v) is 11.4. The first-order valence-corrected chi connectivity index (χ1v) is 12.5. The predicted molar refractivity (Wildman–Crippen MR) is 122 cm³/mol. The predicted octanol–water partition coefficient (Wildman–Crippen LogP) is 2.57. The van der Waals surface area contributed by atoms with Gasteiger partial charge < -0.3 is 0 Å². The summed E-state index contributed by atoms with van der Waals surface area (Å²) in [6, 6.07) is 17.5. The summed E-state index contributed by atoms with van der Waals surface area (Å²) in [6.07, 6.45) is -0.868. The number of hydrogen-bond acceptors (Lipinski definition) is 8. The number of nitro groups is 4. The van der Waals surface area contributed by atoms with E-state index in [1.54, 1.807) is 60.7 Å². The second-order valence-corrected chi connectivity index (χ2v) is 12.6. The average Bonchev–Trinajstić information content (AvgIpc) is 2.79. The van der Waals surface area contributed by atoms with Crippen LogP contribution in [0.2, 0.25) is 12.1 Å². The number of benzene rings is 2. The summed E-state index contributed by atoms with van der Waals surface area (Å²) in [5.74, 6) is 0. The molecule has 0 saturated heterocycles. The maximum atomic E-state index is 11.5. The van der Waals surface area contributed by atoms with Crippen LogP contribution in [0.15, 0.2) is 60.7 Å². The van der Waals surface area contributed by atoms with Crippen molar-refractivity contribution in [2.45, 2.75) is 50.1 Å². The van der Waals surface area contributed by atoms with Crippen LogP contribution >= 0.6 is 0 Å². The highest BCUT2D eigenvalue weighted by molar-refractivity contribution is 7.02. The lowest BCUT2D eigenvalue weighted by molar-refractivity contribution is -0.792. The van der Waals surface area contributed by atoms with Crippen LogP contribution in [0.5, 0.6) is 0 Å². The summed E-state index contributed by atoms with van der Waals surface area (Å²) >= 11 is 0. The van der Waals surface area contributed by atoms with Crippen molar-refractivity contribution in [1.29, 1.82) is 0 Å². The van der Waals surface area contributed by atoms with Gasteiger partial charge in [-0.3, -0.25) is 40.5 Å². The Morgan fingerprint density at radius 3 is 1.12 bits per heavy atom. The van der Waals surface area contributed by atoms with Crippen molar-refractivity contribution in [3.8, 4) is 0 Å². The summed E-state index contributed by atoms with van der Waals surface area (Å²) in [5, 5.41) is 47.7. The zero-order valence-electron chi connectivity index (χ0n) is 18.2. The van der Waals surface area contributed by atoms with Gasteiger partial charge in [0.05, 0.1) is 46.4 Å². The fourth-order valence-corrected chi connectivity index (χ4v) is 8.98. The van der Waals surface area contributed by atoms with Crippen LogP contribution in [-0.2, 0) is 0 Å². The molecule has 0 atom stereocenters. The zero-order chi connectivity index (χ0) is 24.9. The molecular weight excluding hydrogens is 452 g/mol. The molecule has 0 fully saturated rings. The molecule has 2 aromatic carbocycles. The molecule has 2 aromatic rings. The van der Waals surface area contributed by atoms with Gasteiger partial charge in [0, 0.05) is 0 Å². The van der Waals surface area contributed by atoms with E-state index in [4.69, 9.17) is 0 Å². The van der Waals surface area contributed by atoms with Gasteiger partial charge in [0.15, 0.2) is 0 Å². The Balaban J connectivity index is 2.67. The summed E-state index contributed by atoms with van der Waals surface area (Å²) in [7, 11) is -3.17. The van der Waals surface area contributed by atoms with Gasteiger partial charge in [-0.05, 0) is 12.1 Å². The van der Waals surface area contributed by atoms with Crippen molar-refractivity contribution < 1.29 is 19.7 Å². The number of hydrogen-bond donors (Lipinski definition) is 0. The Kier molecular flexibility index (Phi) is 7.59. The van der Waals surface area contributed by atoms with E-state index < -0.39 is 51.9 Å². The van der Waals surface area contributed by atoms with Gasteiger partial charge in [-0.15, -0.1) is 0 Å². The summed E-state index contributed by atoms with van der Waals surface area (Å²) < 4.78 is 0. The highest BCUT2D eigenvalue weighted by atomic mass is 28.3. The summed E-state index contributed by atoms with van der Waals surface area (Å²) in [6.45, 7) is 1.86. The van der Waals surface area contributed by atoms with Gasteiger partial charge >= 0.3 is 11.3 Å². The Morgan fingerprint density at radius 2 is 0.879 bits per heavy atom. The lowest BCUT2D eigenvalue weighted by atomic mass is 10.1. The molecule has 0 spiro atoms. The van der Waals surface area contributed by atoms with Crippen molar-refractivity contribution in [1.82, 2.24) is 0 Å². The minimum atomic E-state index is -3.17. The lowest BCUT2D eigenvalue weighted by Crippen LogP contribution is -2.61. The van der Waals surface area contributed by atoms with E-state index in [-0.39, 0.29) is 12.1 Å². The maximum Gasteiger partial charge on any atom is 0.455 e. The molecule has 0 unspecified atom stereocenters. The fourth-order valence-electron chi connectivity index (χ4n) is 3.78. The highest BCUT2D eigenvalue weighted by Crippen LogP contribution is 2.30. The van der Waals surface area contributed by atoms with Crippen LogP contribution in [0.25, 0.3) is 0 Å². The maximum absolute atomic E-state index is 11.5. The van der Waals surface area contributed by atoms with E-state index in [1.165, 1.54) is 0 Å². The molecule has 0 aliphatic rings. The molecule has 0 amide bonds. The number of rotatable bonds is 12. The van der Waals surface area contributed by atoms with Gasteiger partial charge in [-0.1, -0.05) is 71.0 Å². The zero-order valence-corrected chi connectivity index (χ0v) is 19.2. The third-order valence-electron chi connectivity index (χ3n) is 6.28. The van der Waals surface area contributed by atoms with Gasteiger partial charge in [0.25, 0.3) is 0 Å². The SMILES string of the molecule is CC(CC[Si](CCC(C)([N+](=O)[O-])[N+](=O)[O-])(c1ccccc1)c1ccccc1)([N+](=O)[O-])[N+](=O)[O-]. The quantitative estimate of drug-likeness (QED) is 0.194. The van der Waals surface area contributed by atoms with Crippen molar-refractivity contribution in [3.63, 3.8) is 0 Å². The molecule has 0 radical (unpaired) electrons. The lowest BCUT2D eigenvalue weighted by Gasteiger charge is -2.34. The highest BCUT2D eigenvalue weighted by Gasteiger charge is 2.56. The van der Waals surface area contributed by atoms with Gasteiger partial charge in [-0.2, -0.15) is 0 Å². The van der Waals surface area contributed by atoms with Crippen LogP contribution in [0.3, 0.4) is 0 Å². The van der Waals surface area contributed by atoms with Gasteiger partial charge in [0.1, 0.15) is 8.07 Å². The molecule has 0 saturated carbocycles. The second-order valence-electron chi connectivity index (χ2n) is 8.28. The van der Waals surface area contributed by atoms with Gasteiger partial charge in [-0.25, -0.2) is 0 Å². The molecule has 0 heterocycles. The van der Waals surface area contributed by atoms with Crippen molar-refractivity contribution in [2.24, 2.45) is 0 Å². The van der Waals surface area contributed by atoms with Crippen molar-refractivity contribution in [3.05, 3.63) is 101 Å². The molecule has 0 aliphatic heterocycles. The Morgan fingerprint density at radius 1 is 0.606 bits per heavy atom. The van der Waals surface area contributed by atoms with E-state index in [9.17, 15) is 40.5 Å². The van der Waals surface area contributed by atoms with E-state index in [0.717, 1.165) is 24.2 Å². The molecule has 33 heavy (non-hydrogen) atoms. The molecule has 0 aromatic heterocycles.